The maximum Gasteiger partial charge on any atom is 0.115 e. The molecule has 2 heterocycles. The number of nitrogens with zero attached hydrogens (tertiary/aromatic N) is 2. The molecule has 0 spiro atoms. The van der Waals surface area contributed by atoms with Crippen LogP contribution >= 0.6 is 0 Å². The Hall–Kier alpha value is -1.33. The minimum Gasteiger partial charge on any atom is -0.496 e. The van der Waals surface area contributed by atoms with Crippen LogP contribution in [0.2, 0.25) is 0 Å². The molecule has 15 heavy (non-hydrogen) atoms. The van der Waals surface area contributed by atoms with E-state index in [0.717, 1.165) is 30.0 Å². The van der Waals surface area contributed by atoms with E-state index in [1.807, 2.05) is 24.9 Å². The van der Waals surface area contributed by atoms with Crippen LogP contribution in [0.15, 0.2) is 18.0 Å². The van der Waals surface area contributed by atoms with Crippen molar-refractivity contribution in [1.29, 1.82) is 0 Å². The number of hydrazine groups is 1. The SMILES string of the molecule is Cc1c(C(NN)C2=CCCO2)cnn1C. The Morgan fingerprint density at radius 1 is 1.67 bits per heavy atom. The van der Waals surface area contributed by atoms with Gasteiger partial charge in [0.2, 0.25) is 0 Å². The normalized spacial score (nSPS) is 17.4. The van der Waals surface area contributed by atoms with Crippen LogP contribution in [0.4, 0.5) is 0 Å². The van der Waals surface area contributed by atoms with Gasteiger partial charge in [-0.2, -0.15) is 5.10 Å². The first-order valence-electron chi connectivity index (χ1n) is 5.01. The minimum absolute atomic E-state index is 0.0822. The lowest BCUT2D eigenvalue weighted by molar-refractivity contribution is 0.215. The first-order valence-corrected chi connectivity index (χ1v) is 5.01. The van der Waals surface area contributed by atoms with Gasteiger partial charge < -0.3 is 4.74 Å². The lowest BCUT2D eigenvalue weighted by atomic mass is 10.1. The van der Waals surface area contributed by atoms with Crippen molar-refractivity contribution < 1.29 is 4.74 Å². The summed E-state index contributed by atoms with van der Waals surface area (Å²) in [5.41, 5.74) is 4.92. The Morgan fingerprint density at radius 3 is 2.93 bits per heavy atom. The molecule has 0 radical (unpaired) electrons. The Balaban J connectivity index is 2.30. The van der Waals surface area contributed by atoms with Gasteiger partial charge in [-0.1, -0.05) is 0 Å². The Labute approximate surface area is 88.9 Å². The van der Waals surface area contributed by atoms with Crippen LogP contribution in [-0.4, -0.2) is 16.4 Å². The average molecular weight is 208 g/mol. The summed E-state index contributed by atoms with van der Waals surface area (Å²) in [7, 11) is 1.91. The smallest absolute Gasteiger partial charge is 0.115 e. The first-order chi connectivity index (χ1) is 7.24. The molecule has 0 aliphatic carbocycles. The van der Waals surface area contributed by atoms with E-state index in [9.17, 15) is 0 Å². The summed E-state index contributed by atoms with van der Waals surface area (Å²) in [6.45, 7) is 2.76. The average Bonchev–Trinajstić information content (AvgIpc) is 2.84. The predicted octanol–water partition coefficient (Wildman–Crippen LogP) is 0.537. The molecule has 1 aliphatic rings. The number of nitrogens with two attached hydrogens (primary N) is 1. The molecular formula is C10H16N4O. The number of nitrogens with one attached hydrogen (secondary N) is 1. The highest BCUT2D eigenvalue weighted by atomic mass is 16.5. The first kappa shape index (κ1) is 10.2. The molecule has 5 heteroatoms. The third-order valence-corrected chi connectivity index (χ3v) is 2.77. The van der Waals surface area contributed by atoms with E-state index < -0.39 is 0 Å². The lowest BCUT2D eigenvalue weighted by Gasteiger charge is -2.16. The standard InChI is InChI=1S/C10H16N4O/c1-7-8(6-12-14(7)2)10(13-11)9-4-3-5-15-9/h4,6,10,13H,3,5,11H2,1-2H3. The zero-order chi connectivity index (χ0) is 10.8. The van der Waals surface area contributed by atoms with Gasteiger partial charge in [0.15, 0.2) is 0 Å². The van der Waals surface area contributed by atoms with E-state index in [4.69, 9.17) is 10.6 Å². The maximum absolute atomic E-state index is 5.55. The lowest BCUT2D eigenvalue weighted by Crippen LogP contribution is -2.30. The van der Waals surface area contributed by atoms with E-state index in [-0.39, 0.29) is 6.04 Å². The predicted molar refractivity (Wildman–Crippen MR) is 56.7 cm³/mol. The third kappa shape index (κ3) is 1.75. The number of hydrogen-bond acceptors (Lipinski definition) is 4. The summed E-state index contributed by atoms with van der Waals surface area (Å²) in [5, 5.41) is 4.19. The molecule has 1 aromatic heterocycles. The summed E-state index contributed by atoms with van der Waals surface area (Å²) in [4.78, 5) is 0. The fourth-order valence-corrected chi connectivity index (χ4v) is 1.76. The summed E-state index contributed by atoms with van der Waals surface area (Å²) < 4.78 is 7.33. The van der Waals surface area contributed by atoms with Crippen molar-refractivity contribution in [3.05, 3.63) is 29.3 Å². The third-order valence-electron chi connectivity index (χ3n) is 2.77. The summed E-state index contributed by atoms with van der Waals surface area (Å²) >= 11 is 0. The summed E-state index contributed by atoms with van der Waals surface area (Å²) in [5.74, 6) is 6.45. The van der Waals surface area contributed by atoms with Crippen LogP contribution in [0.1, 0.15) is 23.7 Å². The fraction of sp³-hybridized carbons (Fsp3) is 0.500. The van der Waals surface area contributed by atoms with Crippen molar-refractivity contribution in [3.63, 3.8) is 0 Å². The van der Waals surface area contributed by atoms with Gasteiger partial charge in [0.05, 0.1) is 12.8 Å². The van der Waals surface area contributed by atoms with Crippen molar-refractivity contribution in [1.82, 2.24) is 15.2 Å². The van der Waals surface area contributed by atoms with Crippen LogP contribution in [0, 0.1) is 6.92 Å². The minimum atomic E-state index is -0.0822. The molecule has 1 aliphatic heterocycles. The quantitative estimate of drug-likeness (QED) is 0.562. The molecule has 0 bridgehead atoms. The van der Waals surface area contributed by atoms with Gasteiger partial charge in [0, 0.05) is 24.7 Å². The van der Waals surface area contributed by atoms with E-state index in [0.29, 0.717) is 0 Å². The molecule has 82 valence electrons. The molecule has 1 atom stereocenters. The molecular weight excluding hydrogens is 192 g/mol. The molecule has 1 aromatic rings. The second-order valence-electron chi connectivity index (χ2n) is 3.65. The Bertz CT molecular complexity index is 383. The highest BCUT2D eigenvalue weighted by Crippen LogP contribution is 2.27. The van der Waals surface area contributed by atoms with Gasteiger partial charge in [-0.3, -0.25) is 10.5 Å². The molecule has 0 aromatic carbocycles. The van der Waals surface area contributed by atoms with Crippen LogP contribution < -0.4 is 11.3 Å². The second kappa shape index (κ2) is 4.04. The molecule has 1 unspecified atom stereocenters. The van der Waals surface area contributed by atoms with Gasteiger partial charge in [-0.25, -0.2) is 5.43 Å². The summed E-state index contributed by atoms with van der Waals surface area (Å²) in [6.07, 6.45) is 4.84. The molecule has 0 amide bonds. The van der Waals surface area contributed by atoms with Crippen molar-refractivity contribution in [2.24, 2.45) is 12.9 Å². The van der Waals surface area contributed by atoms with Gasteiger partial charge >= 0.3 is 0 Å². The molecule has 5 nitrogen and oxygen atoms in total. The molecule has 0 saturated heterocycles. The second-order valence-corrected chi connectivity index (χ2v) is 3.65. The molecule has 3 N–H and O–H groups in total. The Morgan fingerprint density at radius 2 is 2.47 bits per heavy atom. The van der Waals surface area contributed by atoms with E-state index in [1.165, 1.54) is 0 Å². The monoisotopic (exact) mass is 208 g/mol. The highest BCUT2D eigenvalue weighted by Gasteiger charge is 2.22. The van der Waals surface area contributed by atoms with Crippen LogP contribution in [0.25, 0.3) is 0 Å². The van der Waals surface area contributed by atoms with Crippen molar-refractivity contribution >= 4 is 0 Å². The number of ether oxygens (including phenoxy) is 1. The van der Waals surface area contributed by atoms with Crippen LogP contribution in [-0.2, 0) is 11.8 Å². The van der Waals surface area contributed by atoms with Crippen molar-refractivity contribution in [2.75, 3.05) is 6.61 Å². The van der Waals surface area contributed by atoms with Gasteiger partial charge in [-0.05, 0) is 13.0 Å². The largest absolute Gasteiger partial charge is 0.496 e. The molecule has 0 fully saturated rings. The maximum atomic E-state index is 5.55. The summed E-state index contributed by atoms with van der Waals surface area (Å²) in [6, 6.07) is -0.0822. The Kier molecular flexibility index (Phi) is 2.75. The van der Waals surface area contributed by atoms with E-state index >= 15 is 0 Å². The number of aryl methyl sites for hydroxylation is 1. The van der Waals surface area contributed by atoms with Gasteiger partial charge in [-0.15, -0.1) is 0 Å². The van der Waals surface area contributed by atoms with Gasteiger partial charge in [0.1, 0.15) is 11.8 Å². The number of rotatable bonds is 3. The van der Waals surface area contributed by atoms with E-state index in [1.54, 1.807) is 0 Å². The molecule has 0 saturated carbocycles. The van der Waals surface area contributed by atoms with Crippen LogP contribution in [0.3, 0.4) is 0 Å². The zero-order valence-electron chi connectivity index (χ0n) is 9.03. The van der Waals surface area contributed by atoms with E-state index in [2.05, 4.69) is 16.6 Å². The molecule has 2 rings (SSSR count). The zero-order valence-corrected chi connectivity index (χ0v) is 9.03. The highest BCUT2D eigenvalue weighted by molar-refractivity contribution is 5.28. The number of hydrogen-bond donors (Lipinski definition) is 2. The van der Waals surface area contributed by atoms with Gasteiger partial charge in [0.25, 0.3) is 0 Å². The van der Waals surface area contributed by atoms with Crippen LogP contribution in [0.5, 0.6) is 0 Å². The fourth-order valence-electron chi connectivity index (χ4n) is 1.76. The number of aromatic nitrogens is 2. The topological polar surface area (TPSA) is 65.1 Å². The van der Waals surface area contributed by atoms with Crippen molar-refractivity contribution in [2.45, 2.75) is 19.4 Å². The van der Waals surface area contributed by atoms with Crippen molar-refractivity contribution in [3.8, 4) is 0 Å².